The fourth-order valence-electron chi connectivity index (χ4n) is 1.07. The number of halogens is 4. The summed E-state index contributed by atoms with van der Waals surface area (Å²) in [5, 5.41) is 3.01. The molecule has 0 amide bonds. The lowest BCUT2D eigenvalue weighted by molar-refractivity contribution is -0.166. The minimum Gasteiger partial charge on any atom is -0.375 e. The summed E-state index contributed by atoms with van der Waals surface area (Å²) >= 11 is 0. The van der Waals surface area contributed by atoms with Gasteiger partial charge in [-0.3, -0.25) is 0 Å². The molecule has 0 aromatic carbocycles. The quantitative estimate of drug-likeness (QED) is 0.535. The highest BCUT2D eigenvalue weighted by molar-refractivity contribution is 4.74. The first-order chi connectivity index (χ1) is 6.52. The Kier molecular flexibility index (Phi) is 4.12. The van der Waals surface area contributed by atoms with Crippen molar-refractivity contribution in [1.82, 2.24) is 5.32 Å². The molecule has 0 aliphatic carbocycles. The van der Waals surface area contributed by atoms with Gasteiger partial charge in [0.25, 0.3) is 0 Å². The second-order valence-electron chi connectivity index (χ2n) is 3.43. The van der Waals surface area contributed by atoms with E-state index in [2.05, 4.69) is 10.1 Å². The average Bonchev–Trinajstić information content (AvgIpc) is 2.00. The van der Waals surface area contributed by atoms with Gasteiger partial charge in [0.15, 0.2) is 0 Å². The molecule has 0 aromatic heterocycles. The lowest BCUT2D eigenvalue weighted by Gasteiger charge is -2.27. The van der Waals surface area contributed by atoms with Crippen LogP contribution in [0, 0.1) is 5.92 Å². The molecule has 1 aliphatic rings. The Morgan fingerprint density at radius 2 is 2.00 bits per heavy atom. The normalized spacial score (nSPS) is 18.6. The van der Waals surface area contributed by atoms with Gasteiger partial charge < -0.3 is 10.1 Å². The zero-order chi connectivity index (χ0) is 10.6. The van der Waals surface area contributed by atoms with E-state index in [1.807, 2.05) is 0 Å². The summed E-state index contributed by atoms with van der Waals surface area (Å²) in [6, 6.07) is 0. The number of hydrogen-bond acceptors (Lipinski definition) is 2. The maximum absolute atomic E-state index is 12.3. The molecule has 0 atom stereocenters. The summed E-state index contributed by atoms with van der Waals surface area (Å²) in [5.74, 6) is -3.58. The standard InChI is InChI=1S/C8H13F4NO/c9-7(10)8(11,12)5-14-2-1-6-3-13-4-6/h6-7,13H,1-5H2. The van der Waals surface area contributed by atoms with Crippen LogP contribution >= 0.6 is 0 Å². The van der Waals surface area contributed by atoms with Crippen LogP contribution in [-0.2, 0) is 4.74 Å². The van der Waals surface area contributed by atoms with Crippen molar-refractivity contribution in [3.63, 3.8) is 0 Å². The summed E-state index contributed by atoms with van der Waals surface area (Å²) in [6.07, 6.45) is -3.00. The van der Waals surface area contributed by atoms with Crippen molar-refractivity contribution in [2.75, 3.05) is 26.3 Å². The molecule has 1 saturated heterocycles. The maximum atomic E-state index is 12.3. The third-order valence-electron chi connectivity index (χ3n) is 2.15. The highest BCUT2D eigenvalue weighted by atomic mass is 19.3. The third-order valence-corrected chi connectivity index (χ3v) is 2.15. The predicted molar refractivity (Wildman–Crippen MR) is 42.7 cm³/mol. The van der Waals surface area contributed by atoms with Gasteiger partial charge in [0.1, 0.15) is 6.61 Å². The summed E-state index contributed by atoms with van der Waals surface area (Å²) in [5.41, 5.74) is 0. The van der Waals surface area contributed by atoms with E-state index in [9.17, 15) is 17.6 Å². The monoisotopic (exact) mass is 215 g/mol. The summed E-state index contributed by atoms with van der Waals surface area (Å²) in [7, 11) is 0. The van der Waals surface area contributed by atoms with Gasteiger partial charge in [-0.15, -0.1) is 0 Å². The van der Waals surface area contributed by atoms with Crippen LogP contribution in [0.25, 0.3) is 0 Å². The van der Waals surface area contributed by atoms with Crippen LogP contribution in [0.3, 0.4) is 0 Å². The number of hydrogen-bond donors (Lipinski definition) is 1. The number of ether oxygens (including phenoxy) is 1. The van der Waals surface area contributed by atoms with Crippen LogP contribution in [0.2, 0.25) is 0 Å². The average molecular weight is 215 g/mol. The van der Waals surface area contributed by atoms with Crippen molar-refractivity contribution in [1.29, 1.82) is 0 Å². The van der Waals surface area contributed by atoms with Crippen molar-refractivity contribution in [2.24, 2.45) is 5.92 Å². The smallest absolute Gasteiger partial charge is 0.330 e. The molecule has 1 rings (SSSR count). The molecule has 0 radical (unpaired) electrons. The van der Waals surface area contributed by atoms with Crippen LogP contribution in [-0.4, -0.2) is 38.7 Å². The SMILES string of the molecule is FC(F)C(F)(F)COCCC1CNC1. The van der Waals surface area contributed by atoms with Gasteiger partial charge in [-0.1, -0.05) is 0 Å². The zero-order valence-electron chi connectivity index (χ0n) is 7.61. The van der Waals surface area contributed by atoms with Crippen LogP contribution < -0.4 is 5.32 Å². The largest absolute Gasteiger partial charge is 0.375 e. The fraction of sp³-hybridized carbons (Fsp3) is 1.00. The van der Waals surface area contributed by atoms with E-state index in [0.29, 0.717) is 12.3 Å². The van der Waals surface area contributed by atoms with Gasteiger partial charge >= 0.3 is 12.3 Å². The molecule has 0 spiro atoms. The number of rotatable bonds is 6. The minimum absolute atomic E-state index is 0.120. The Morgan fingerprint density at radius 1 is 1.36 bits per heavy atom. The molecular formula is C8H13F4NO. The molecule has 0 aromatic rings. The lowest BCUT2D eigenvalue weighted by atomic mass is 10.0. The van der Waals surface area contributed by atoms with Crippen molar-refractivity contribution in [3.05, 3.63) is 0 Å². The lowest BCUT2D eigenvalue weighted by Crippen LogP contribution is -2.42. The van der Waals surface area contributed by atoms with Gasteiger partial charge in [-0.2, -0.15) is 8.78 Å². The van der Waals surface area contributed by atoms with Gasteiger partial charge in [0.05, 0.1) is 0 Å². The minimum atomic E-state index is -4.02. The Balaban J connectivity index is 2.01. The third kappa shape index (κ3) is 3.42. The van der Waals surface area contributed by atoms with Crippen LogP contribution in [0.4, 0.5) is 17.6 Å². The van der Waals surface area contributed by atoms with E-state index in [1.54, 1.807) is 0 Å². The van der Waals surface area contributed by atoms with E-state index in [0.717, 1.165) is 13.1 Å². The first-order valence-corrected chi connectivity index (χ1v) is 4.47. The van der Waals surface area contributed by atoms with E-state index >= 15 is 0 Å². The molecule has 1 aliphatic heterocycles. The summed E-state index contributed by atoms with van der Waals surface area (Å²) in [6.45, 7) is 0.642. The van der Waals surface area contributed by atoms with E-state index in [4.69, 9.17) is 0 Å². The molecule has 1 fully saturated rings. The second kappa shape index (κ2) is 4.93. The predicted octanol–water partition coefficient (Wildman–Crippen LogP) is 1.51. The molecule has 1 N–H and O–H groups in total. The summed E-state index contributed by atoms with van der Waals surface area (Å²) < 4.78 is 52.3. The number of nitrogens with one attached hydrogen (secondary N) is 1. The zero-order valence-corrected chi connectivity index (χ0v) is 7.61. The van der Waals surface area contributed by atoms with E-state index in [-0.39, 0.29) is 6.61 Å². The Morgan fingerprint density at radius 3 is 2.43 bits per heavy atom. The van der Waals surface area contributed by atoms with Gasteiger partial charge in [0.2, 0.25) is 0 Å². The van der Waals surface area contributed by atoms with Crippen LogP contribution in [0.1, 0.15) is 6.42 Å². The van der Waals surface area contributed by atoms with Crippen molar-refractivity contribution >= 4 is 0 Å². The van der Waals surface area contributed by atoms with Gasteiger partial charge in [0, 0.05) is 6.61 Å². The molecule has 1 heterocycles. The molecule has 6 heteroatoms. The maximum Gasteiger partial charge on any atom is 0.330 e. The summed E-state index contributed by atoms with van der Waals surface area (Å²) in [4.78, 5) is 0. The molecule has 0 saturated carbocycles. The van der Waals surface area contributed by atoms with Gasteiger partial charge in [-0.05, 0) is 25.4 Å². The Labute approximate surface area is 79.6 Å². The van der Waals surface area contributed by atoms with E-state index in [1.165, 1.54) is 0 Å². The molecule has 0 unspecified atom stereocenters. The number of alkyl halides is 4. The molecule has 0 bridgehead atoms. The highest BCUT2D eigenvalue weighted by Crippen LogP contribution is 2.23. The molecule has 2 nitrogen and oxygen atoms in total. The highest BCUT2D eigenvalue weighted by Gasteiger charge is 2.40. The van der Waals surface area contributed by atoms with Crippen molar-refractivity contribution < 1.29 is 22.3 Å². The van der Waals surface area contributed by atoms with Crippen molar-refractivity contribution in [3.8, 4) is 0 Å². The van der Waals surface area contributed by atoms with Crippen molar-refractivity contribution in [2.45, 2.75) is 18.8 Å². The van der Waals surface area contributed by atoms with E-state index < -0.39 is 19.0 Å². The van der Waals surface area contributed by atoms with Gasteiger partial charge in [-0.25, -0.2) is 8.78 Å². The molecular weight excluding hydrogens is 202 g/mol. The van der Waals surface area contributed by atoms with Crippen LogP contribution in [0.5, 0.6) is 0 Å². The molecule has 14 heavy (non-hydrogen) atoms. The molecule has 84 valence electrons. The second-order valence-corrected chi connectivity index (χ2v) is 3.43. The fourth-order valence-corrected chi connectivity index (χ4v) is 1.07. The Hall–Kier alpha value is -0.360. The first-order valence-electron chi connectivity index (χ1n) is 4.47. The topological polar surface area (TPSA) is 21.3 Å². The first kappa shape index (κ1) is 11.7. The van der Waals surface area contributed by atoms with Crippen LogP contribution in [0.15, 0.2) is 0 Å². The Bertz CT molecular complexity index is 173.